The monoisotopic (exact) mass is 451 g/mol. The van der Waals surface area contributed by atoms with E-state index in [1.165, 1.54) is 0 Å². The Morgan fingerprint density at radius 2 is 1.86 bits per heavy atom. The molecule has 3 aromatic rings. The summed E-state index contributed by atoms with van der Waals surface area (Å²) >= 11 is 7.54. The van der Waals surface area contributed by atoms with Crippen LogP contribution in [0, 0.1) is 0 Å². The molecule has 1 fully saturated rings. The number of hydrogen-bond donors (Lipinski definition) is 0. The van der Waals surface area contributed by atoms with Crippen LogP contribution in [-0.4, -0.2) is 55.2 Å². The van der Waals surface area contributed by atoms with E-state index in [1.54, 1.807) is 40.5 Å². The molecule has 2 aromatic carbocycles. The zero-order chi connectivity index (χ0) is 19.3. The van der Waals surface area contributed by atoms with Gasteiger partial charge < -0.3 is 4.74 Å². The summed E-state index contributed by atoms with van der Waals surface area (Å²) in [6.07, 6.45) is 0.884. The van der Waals surface area contributed by atoms with Crippen LogP contribution in [0.3, 0.4) is 0 Å². The minimum Gasteiger partial charge on any atom is -0.379 e. The van der Waals surface area contributed by atoms with E-state index in [-0.39, 0.29) is 18.3 Å². The van der Waals surface area contributed by atoms with Crippen LogP contribution >= 0.6 is 35.3 Å². The summed E-state index contributed by atoms with van der Waals surface area (Å²) in [7, 11) is 0. The van der Waals surface area contributed by atoms with Gasteiger partial charge in [0.25, 0.3) is 5.91 Å². The van der Waals surface area contributed by atoms with E-state index >= 15 is 0 Å². The molecule has 5 nitrogen and oxygen atoms in total. The molecule has 1 amide bonds. The van der Waals surface area contributed by atoms with Gasteiger partial charge in [-0.2, -0.15) is 0 Å². The lowest BCUT2D eigenvalue weighted by atomic mass is 10.2. The molecule has 1 aliphatic heterocycles. The molecular weight excluding hydrogens is 429 g/mol. The van der Waals surface area contributed by atoms with Gasteiger partial charge in [0, 0.05) is 36.8 Å². The molecule has 154 valence electrons. The maximum absolute atomic E-state index is 13.2. The maximum atomic E-state index is 13.2. The molecule has 4 rings (SSSR count). The zero-order valence-corrected chi connectivity index (χ0v) is 18.3. The predicted octanol–water partition coefficient (Wildman–Crippen LogP) is 4.74. The smallest absolute Gasteiger partial charge is 0.260 e. The Labute approximate surface area is 185 Å². The fourth-order valence-corrected chi connectivity index (χ4v) is 4.40. The second-order valence-electron chi connectivity index (χ2n) is 6.74. The largest absolute Gasteiger partial charge is 0.379 e. The van der Waals surface area contributed by atoms with Gasteiger partial charge in [-0.15, -0.1) is 12.4 Å². The van der Waals surface area contributed by atoms with Crippen molar-refractivity contribution in [1.82, 2.24) is 9.88 Å². The molecule has 0 saturated carbocycles. The summed E-state index contributed by atoms with van der Waals surface area (Å²) in [4.78, 5) is 22.1. The molecule has 0 N–H and O–H groups in total. The van der Waals surface area contributed by atoms with Crippen molar-refractivity contribution in [2.75, 3.05) is 44.3 Å². The second-order valence-corrected chi connectivity index (χ2v) is 8.18. The lowest BCUT2D eigenvalue weighted by Crippen LogP contribution is -2.39. The Bertz CT molecular complexity index is 910. The van der Waals surface area contributed by atoms with Crippen LogP contribution in [0.2, 0.25) is 5.02 Å². The summed E-state index contributed by atoms with van der Waals surface area (Å²) in [5, 5.41) is 1.36. The standard InChI is InChI=1S/C21H22ClN3O2S.ClH/c22-17-8-6-16(7-9-17)20(26)25(11-3-10-24-12-14-27-15-13-24)21-23-18-4-1-2-5-19(18)28-21;/h1-2,4-9H,3,10-15H2;1H. The van der Waals surface area contributed by atoms with Crippen molar-refractivity contribution in [3.63, 3.8) is 0 Å². The molecule has 29 heavy (non-hydrogen) atoms. The van der Waals surface area contributed by atoms with Crippen LogP contribution in [0.15, 0.2) is 48.5 Å². The molecule has 0 bridgehead atoms. The highest BCUT2D eigenvalue weighted by molar-refractivity contribution is 7.22. The highest BCUT2D eigenvalue weighted by Crippen LogP contribution is 2.30. The normalized spacial score (nSPS) is 14.5. The van der Waals surface area contributed by atoms with Crippen LogP contribution < -0.4 is 4.90 Å². The maximum Gasteiger partial charge on any atom is 0.260 e. The van der Waals surface area contributed by atoms with Gasteiger partial charge in [-0.1, -0.05) is 35.1 Å². The second kappa shape index (κ2) is 10.4. The van der Waals surface area contributed by atoms with Crippen molar-refractivity contribution in [3.05, 3.63) is 59.1 Å². The average Bonchev–Trinajstić information content (AvgIpc) is 3.16. The minimum absolute atomic E-state index is 0. The van der Waals surface area contributed by atoms with Crippen LogP contribution in [0.5, 0.6) is 0 Å². The first-order valence-electron chi connectivity index (χ1n) is 9.44. The first-order chi connectivity index (χ1) is 13.7. The molecule has 0 radical (unpaired) electrons. The number of rotatable bonds is 6. The van der Waals surface area contributed by atoms with Crippen LogP contribution in [0.1, 0.15) is 16.8 Å². The number of amides is 1. The lowest BCUT2D eigenvalue weighted by molar-refractivity contribution is 0.0376. The molecule has 8 heteroatoms. The first-order valence-corrected chi connectivity index (χ1v) is 10.6. The summed E-state index contributed by atoms with van der Waals surface area (Å²) in [6, 6.07) is 15.0. The van der Waals surface area contributed by atoms with Crippen molar-refractivity contribution >= 4 is 56.6 Å². The SMILES string of the molecule is Cl.O=C(c1ccc(Cl)cc1)N(CCCN1CCOCC1)c1nc2ccccc2s1. The number of thiazole rings is 1. The Balaban J connectivity index is 0.00000240. The predicted molar refractivity (Wildman–Crippen MR) is 122 cm³/mol. The Kier molecular flexibility index (Phi) is 7.86. The number of carbonyl (C=O) groups excluding carboxylic acids is 1. The van der Waals surface area contributed by atoms with Gasteiger partial charge in [0.1, 0.15) is 0 Å². The number of morpholine rings is 1. The number of para-hydroxylation sites is 1. The van der Waals surface area contributed by atoms with Crippen molar-refractivity contribution in [2.45, 2.75) is 6.42 Å². The number of nitrogens with zero attached hydrogens (tertiary/aromatic N) is 3. The number of halogens is 2. The number of carbonyl (C=O) groups is 1. The Morgan fingerprint density at radius 3 is 2.59 bits per heavy atom. The van der Waals surface area contributed by atoms with Gasteiger partial charge in [0.15, 0.2) is 5.13 Å². The van der Waals surface area contributed by atoms with Crippen molar-refractivity contribution in [1.29, 1.82) is 0 Å². The van der Waals surface area contributed by atoms with E-state index in [0.717, 1.165) is 54.6 Å². The van der Waals surface area contributed by atoms with Gasteiger partial charge in [-0.3, -0.25) is 14.6 Å². The van der Waals surface area contributed by atoms with E-state index in [0.29, 0.717) is 17.1 Å². The zero-order valence-electron chi connectivity index (χ0n) is 15.9. The molecule has 2 heterocycles. The van der Waals surface area contributed by atoms with E-state index in [1.807, 2.05) is 24.3 Å². The molecular formula is C21H23Cl2N3O2S. The molecule has 1 saturated heterocycles. The number of anilines is 1. The van der Waals surface area contributed by atoms with Gasteiger partial charge in [0.05, 0.1) is 23.4 Å². The fourth-order valence-electron chi connectivity index (χ4n) is 3.29. The molecule has 1 aromatic heterocycles. The fraction of sp³-hybridized carbons (Fsp3) is 0.333. The summed E-state index contributed by atoms with van der Waals surface area (Å²) in [6.45, 7) is 5.03. The topological polar surface area (TPSA) is 45.7 Å². The van der Waals surface area contributed by atoms with Crippen LogP contribution in [-0.2, 0) is 4.74 Å². The Hall–Kier alpha value is -1.70. The van der Waals surface area contributed by atoms with Crippen molar-refractivity contribution in [2.24, 2.45) is 0 Å². The number of fused-ring (bicyclic) bond motifs is 1. The quantitative estimate of drug-likeness (QED) is 0.542. The molecule has 0 unspecified atom stereocenters. The average molecular weight is 452 g/mol. The molecule has 1 aliphatic rings. The van der Waals surface area contributed by atoms with Crippen molar-refractivity contribution in [3.8, 4) is 0 Å². The van der Waals surface area contributed by atoms with Gasteiger partial charge >= 0.3 is 0 Å². The minimum atomic E-state index is -0.0438. The van der Waals surface area contributed by atoms with Crippen molar-refractivity contribution < 1.29 is 9.53 Å². The number of ether oxygens (including phenoxy) is 1. The third-order valence-corrected chi connectivity index (χ3v) is 6.12. The highest BCUT2D eigenvalue weighted by atomic mass is 35.5. The number of hydrogen-bond acceptors (Lipinski definition) is 5. The van der Waals surface area contributed by atoms with Crippen LogP contribution in [0.4, 0.5) is 5.13 Å². The highest BCUT2D eigenvalue weighted by Gasteiger charge is 2.21. The third kappa shape index (κ3) is 5.47. The summed E-state index contributed by atoms with van der Waals surface area (Å²) in [5.74, 6) is -0.0438. The number of benzene rings is 2. The molecule has 0 atom stereocenters. The van der Waals surface area contributed by atoms with E-state index < -0.39 is 0 Å². The van der Waals surface area contributed by atoms with E-state index in [9.17, 15) is 4.79 Å². The van der Waals surface area contributed by atoms with Gasteiger partial charge in [-0.25, -0.2) is 4.98 Å². The van der Waals surface area contributed by atoms with Gasteiger partial charge in [-0.05, 0) is 42.8 Å². The molecule has 0 spiro atoms. The Morgan fingerprint density at radius 1 is 1.14 bits per heavy atom. The van der Waals surface area contributed by atoms with E-state index in [4.69, 9.17) is 21.3 Å². The summed E-state index contributed by atoms with van der Waals surface area (Å²) in [5.41, 5.74) is 1.54. The summed E-state index contributed by atoms with van der Waals surface area (Å²) < 4.78 is 6.49. The van der Waals surface area contributed by atoms with Crippen LogP contribution in [0.25, 0.3) is 10.2 Å². The third-order valence-electron chi connectivity index (χ3n) is 4.81. The lowest BCUT2D eigenvalue weighted by Gasteiger charge is -2.27. The first kappa shape index (κ1) is 22.0. The van der Waals surface area contributed by atoms with Gasteiger partial charge in [0.2, 0.25) is 0 Å². The number of aromatic nitrogens is 1. The molecule has 0 aliphatic carbocycles. The van der Waals surface area contributed by atoms with E-state index in [2.05, 4.69) is 4.90 Å².